The zero-order valence-electron chi connectivity index (χ0n) is 11.0. The highest BCUT2D eigenvalue weighted by atomic mass is 32.2. The van der Waals surface area contributed by atoms with Gasteiger partial charge in [0.15, 0.2) is 5.78 Å². The van der Waals surface area contributed by atoms with Crippen LogP contribution in [0, 0.1) is 0 Å². The summed E-state index contributed by atoms with van der Waals surface area (Å²) < 4.78 is 0. The van der Waals surface area contributed by atoms with Gasteiger partial charge in [-0.15, -0.1) is 11.8 Å². The first kappa shape index (κ1) is 12.7. The van der Waals surface area contributed by atoms with E-state index in [1.165, 1.54) is 10.5 Å². The van der Waals surface area contributed by atoms with Gasteiger partial charge >= 0.3 is 0 Å². The molecule has 1 aliphatic heterocycles. The Labute approximate surface area is 117 Å². The van der Waals surface area contributed by atoms with Crippen molar-refractivity contribution >= 4 is 23.5 Å². The molecular weight excluding hydrogens is 258 g/mol. The molecule has 100 valence electrons. The normalized spacial score (nSPS) is 20.9. The van der Waals surface area contributed by atoms with Crippen LogP contribution in [0.4, 0.5) is 0 Å². The number of carbonyl (C=O) groups excluding carboxylic acids is 2. The highest BCUT2D eigenvalue weighted by molar-refractivity contribution is 7.99. The van der Waals surface area contributed by atoms with Crippen molar-refractivity contribution in [3.05, 3.63) is 28.8 Å². The molecule has 0 spiro atoms. The zero-order valence-corrected chi connectivity index (χ0v) is 11.8. The molecule has 0 fully saturated rings. The summed E-state index contributed by atoms with van der Waals surface area (Å²) in [7, 11) is 0. The van der Waals surface area contributed by atoms with Crippen LogP contribution in [0.5, 0.6) is 0 Å². The van der Waals surface area contributed by atoms with Gasteiger partial charge in [-0.3, -0.25) is 9.59 Å². The quantitative estimate of drug-likeness (QED) is 0.901. The van der Waals surface area contributed by atoms with E-state index in [1.54, 1.807) is 6.92 Å². The van der Waals surface area contributed by atoms with Crippen LogP contribution in [0.15, 0.2) is 17.0 Å². The molecule has 1 aromatic carbocycles. The molecule has 1 atom stereocenters. The Balaban J connectivity index is 1.89. The predicted molar refractivity (Wildman–Crippen MR) is 75.7 cm³/mol. The molecule has 19 heavy (non-hydrogen) atoms. The number of Topliss-reactive ketones (excluding diaryl/α,β-unsaturated/α-hetero) is 1. The van der Waals surface area contributed by atoms with Gasteiger partial charge in [0.05, 0.1) is 6.04 Å². The molecular formula is C15H17NO2S. The summed E-state index contributed by atoms with van der Waals surface area (Å²) in [5, 5.41) is 2.83. The third kappa shape index (κ3) is 2.29. The number of carbonyl (C=O) groups is 2. The van der Waals surface area contributed by atoms with E-state index in [0.29, 0.717) is 6.42 Å². The second kappa shape index (κ2) is 5.00. The van der Waals surface area contributed by atoms with Gasteiger partial charge in [0.2, 0.25) is 5.91 Å². The van der Waals surface area contributed by atoms with E-state index in [2.05, 4.69) is 11.4 Å². The summed E-state index contributed by atoms with van der Waals surface area (Å²) >= 11 is 1.82. The molecule has 1 aliphatic carbocycles. The lowest BCUT2D eigenvalue weighted by molar-refractivity contribution is -0.121. The van der Waals surface area contributed by atoms with Crippen molar-refractivity contribution in [2.24, 2.45) is 0 Å². The lowest BCUT2D eigenvalue weighted by Crippen LogP contribution is -2.43. The Morgan fingerprint density at radius 2 is 2.21 bits per heavy atom. The first-order valence-corrected chi connectivity index (χ1v) is 7.79. The van der Waals surface area contributed by atoms with E-state index in [0.717, 1.165) is 36.1 Å². The summed E-state index contributed by atoms with van der Waals surface area (Å²) in [6.07, 6.45) is 3.14. The summed E-state index contributed by atoms with van der Waals surface area (Å²) in [6, 6.07) is 3.90. The van der Waals surface area contributed by atoms with Crippen molar-refractivity contribution in [2.45, 2.75) is 43.5 Å². The van der Waals surface area contributed by atoms with Crippen LogP contribution in [0.3, 0.4) is 0 Å². The molecule has 0 bridgehead atoms. The average molecular weight is 275 g/mol. The van der Waals surface area contributed by atoms with Gasteiger partial charge in [-0.2, -0.15) is 0 Å². The fraction of sp³-hybridized carbons (Fsp3) is 0.467. The topological polar surface area (TPSA) is 46.2 Å². The van der Waals surface area contributed by atoms with Gasteiger partial charge in [-0.25, -0.2) is 0 Å². The fourth-order valence-electron chi connectivity index (χ4n) is 2.77. The Bertz CT molecular complexity index is 553. The summed E-state index contributed by atoms with van der Waals surface area (Å²) in [4.78, 5) is 25.1. The van der Waals surface area contributed by atoms with E-state index in [4.69, 9.17) is 0 Å². The highest BCUT2D eigenvalue weighted by Gasteiger charge is 2.30. The number of ketones is 1. The van der Waals surface area contributed by atoms with E-state index in [9.17, 15) is 9.59 Å². The monoisotopic (exact) mass is 275 g/mol. The molecule has 3 rings (SSSR count). The van der Waals surface area contributed by atoms with Crippen molar-refractivity contribution in [3.8, 4) is 0 Å². The molecule has 1 amide bonds. The molecule has 1 unspecified atom stereocenters. The van der Waals surface area contributed by atoms with Crippen LogP contribution in [0.25, 0.3) is 0 Å². The molecule has 0 aromatic heterocycles. The number of benzene rings is 1. The van der Waals surface area contributed by atoms with Crippen LogP contribution < -0.4 is 5.32 Å². The number of nitrogens with one attached hydrogen (secondary N) is 1. The highest BCUT2D eigenvalue weighted by Crippen LogP contribution is 2.35. The summed E-state index contributed by atoms with van der Waals surface area (Å²) in [5.74, 6) is 1.15. The second-order valence-corrected chi connectivity index (χ2v) is 6.23. The van der Waals surface area contributed by atoms with Gasteiger partial charge in [-0.05, 0) is 36.5 Å². The third-order valence-corrected chi connectivity index (χ3v) is 4.96. The number of amides is 1. The maximum Gasteiger partial charge on any atom is 0.220 e. The Kier molecular flexibility index (Phi) is 3.35. The molecule has 2 aliphatic rings. The molecule has 1 aromatic rings. The molecule has 0 saturated heterocycles. The Morgan fingerprint density at radius 1 is 1.37 bits per heavy atom. The first-order chi connectivity index (χ1) is 9.19. The van der Waals surface area contributed by atoms with Crippen LogP contribution in [0.1, 0.15) is 41.3 Å². The molecule has 1 heterocycles. The van der Waals surface area contributed by atoms with Crippen LogP contribution in [-0.4, -0.2) is 23.5 Å². The van der Waals surface area contributed by atoms with E-state index in [1.807, 2.05) is 17.8 Å². The molecule has 4 heteroatoms. The van der Waals surface area contributed by atoms with Crippen molar-refractivity contribution in [3.63, 3.8) is 0 Å². The molecule has 1 N–H and O–H groups in total. The van der Waals surface area contributed by atoms with E-state index >= 15 is 0 Å². The second-order valence-electron chi connectivity index (χ2n) is 5.09. The minimum atomic E-state index is -0.329. The maximum atomic E-state index is 12.4. The van der Waals surface area contributed by atoms with Gasteiger partial charge in [-0.1, -0.05) is 13.0 Å². The summed E-state index contributed by atoms with van der Waals surface area (Å²) in [5.41, 5.74) is 3.36. The Morgan fingerprint density at radius 3 is 3.00 bits per heavy atom. The van der Waals surface area contributed by atoms with Crippen molar-refractivity contribution in [1.82, 2.24) is 5.32 Å². The molecule has 3 nitrogen and oxygen atoms in total. The maximum absolute atomic E-state index is 12.4. The van der Waals surface area contributed by atoms with E-state index in [-0.39, 0.29) is 17.7 Å². The standard InChI is InChI=1S/C15H17NO2S/c1-2-14(17)16-12-4-3-9-7-10-5-6-19-13(10)8-11(9)15(12)18/h7-8,12H,2-6H2,1H3,(H,16,17). The van der Waals surface area contributed by atoms with Crippen LogP contribution in [0.2, 0.25) is 0 Å². The minimum Gasteiger partial charge on any atom is -0.346 e. The largest absolute Gasteiger partial charge is 0.346 e. The third-order valence-electron chi connectivity index (χ3n) is 3.86. The molecule has 0 saturated carbocycles. The predicted octanol–water partition coefficient (Wildman–Crippen LogP) is 2.36. The van der Waals surface area contributed by atoms with Crippen molar-refractivity contribution in [1.29, 1.82) is 0 Å². The number of fused-ring (bicyclic) bond motifs is 2. The number of hydrogen-bond donors (Lipinski definition) is 1. The smallest absolute Gasteiger partial charge is 0.220 e. The Hall–Kier alpha value is -1.29. The summed E-state index contributed by atoms with van der Waals surface area (Å²) in [6.45, 7) is 1.81. The van der Waals surface area contributed by atoms with Gasteiger partial charge in [0.1, 0.15) is 0 Å². The lowest BCUT2D eigenvalue weighted by atomic mass is 9.85. The number of rotatable bonds is 2. The molecule has 0 radical (unpaired) electrons. The SMILES string of the molecule is CCC(=O)NC1CCc2cc3c(cc2C1=O)SCC3. The van der Waals surface area contributed by atoms with E-state index < -0.39 is 0 Å². The zero-order chi connectivity index (χ0) is 13.4. The fourth-order valence-corrected chi connectivity index (χ4v) is 3.85. The van der Waals surface area contributed by atoms with Crippen LogP contribution >= 0.6 is 11.8 Å². The minimum absolute atomic E-state index is 0.0441. The van der Waals surface area contributed by atoms with Crippen molar-refractivity contribution < 1.29 is 9.59 Å². The first-order valence-electron chi connectivity index (χ1n) is 6.81. The van der Waals surface area contributed by atoms with Crippen molar-refractivity contribution in [2.75, 3.05) is 5.75 Å². The number of hydrogen-bond acceptors (Lipinski definition) is 3. The van der Waals surface area contributed by atoms with Crippen LogP contribution in [-0.2, 0) is 17.6 Å². The van der Waals surface area contributed by atoms with Gasteiger partial charge in [0.25, 0.3) is 0 Å². The average Bonchev–Trinajstić information content (AvgIpc) is 2.87. The lowest BCUT2D eigenvalue weighted by Gasteiger charge is -2.24. The number of thioether (sulfide) groups is 1. The van der Waals surface area contributed by atoms with Gasteiger partial charge < -0.3 is 5.32 Å². The van der Waals surface area contributed by atoms with Gasteiger partial charge in [0, 0.05) is 22.6 Å². The number of aryl methyl sites for hydroxylation is 2.